The normalized spacial score (nSPS) is 23.6. The molecule has 5 nitrogen and oxygen atoms in total. The van der Waals surface area contributed by atoms with Gasteiger partial charge in [-0.05, 0) is 52.3 Å². The Kier molecular flexibility index (Phi) is 4.28. The molecule has 110 valence electrons. The molecule has 0 aromatic heterocycles. The fraction of sp³-hybridized carbons (Fsp3) is 0.600. The molecule has 0 spiro atoms. The summed E-state index contributed by atoms with van der Waals surface area (Å²) in [5.41, 5.74) is 2.87. The van der Waals surface area contributed by atoms with E-state index in [1.165, 1.54) is 0 Å². The molecule has 1 fully saturated rings. The van der Waals surface area contributed by atoms with Crippen LogP contribution in [0.25, 0.3) is 0 Å². The molecule has 1 aliphatic heterocycles. The minimum Gasteiger partial charge on any atom is -0.382 e. The molecule has 1 heterocycles. The summed E-state index contributed by atoms with van der Waals surface area (Å²) in [7, 11) is 2.14. The molecule has 2 rings (SSSR count). The van der Waals surface area contributed by atoms with Crippen LogP contribution in [0.15, 0.2) is 12.1 Å². The van der Waals surface area contributed by atoms with Crippen molar-refractivity contribution in [2.75, 3.05) is 18.9 Å². The van der Waals surface area contributed by atoms with Crippen molar-refractivity contribution in [3.05, 3.63) is 33.4 Å². The molecule has 0 saturated carbocycles. The Hall–Kier alpha value is -1.62. The summed E-state index contributed by atoms with van der Waals surface area (Å²) in [6, 6.07) is 4.50. The van der Waals surface area contributed by atoms with Crippen LogP contribution in [0.3, 0.4) is 0 Å². The van der Waals surface area contributed by atoms with E-state index in [9.17, 15) is 10.1 Å². The first-order valence-electron chi connectivity index (χ1n) is 7.11. The van der Waals surface area contributed by atoms with Crippen molar-refractivity contribution in [3.8, 4) is 0 Å². The molecule has 0 aliphatic carbocycles. The SMILES string of the molecule is Cc1cc(C)c([N+](=O)[O-])cc1NC1CCN(C)C(C)C1. The third-order valence-electron chi connectivity index (χ3n) is 4.31. The van der Waals surface area contributed by atoms with Gasteiger partial charge in [0.25, 0.3) is 5.69 Å². The molecule has 0 radical (unpaired) electrons. The van der Waals surface area contributed by atoms with Crippen LogP contribution < -0.4 is 5.32 Å². The van der Waals surface area contributed by atoms with Crippen LogP contribution in [0, 0.1) is 24.0 Å². The van der Waals surface area contributed by atoms with Gasteiger partial charge < -0.3 is 10.2 Å². The average Bonchev–Trinajstić information content (AvgIpc) is 2.36. The van der Waals surface area contributed by atoms with E-state index in [4.69, 9.17) is 0 Å². The van der Waals surface area contributed by atoms with Crippen LogP contribution in [0.1, 0.15) is 30.9 Å². The highest BCUT2D eigenvalue weighted by Crippen LogP contribution is 2.28. The molecule has 1 aromatic rings. The Balaban J connectivity index is 2.17. The summed E-state index contributed by atoms with van der Waals surface area (Å²) in [4.78, 5) is 13.1. The summed E-state index contributed by atoms with van der Waals surface area (Å²) >= 11 is 0. The highest BCUT2D eigenvalue weighted by atomic mass is 16.6. The number of nitrogens with zero attached hydrogens (tertiary/aromatic N) is 2. The topological polar surface area (TPSA) is 58.4 Å². The van der Waals surface area contributed by atoms with E-state index in [0.717, 1.165) is 36.2 Å². The van der Waals surface area contributed by atoms with Crippen molar-refractivity contribution >= 4 is 11.4 Å². The molecular weight excluding hydrogens is 254 g/mol. The quantitative estimate of drug-likeness (QED) is 0.681. The van der Waals surface area contributed by atoms with Crippen molar-refractivity contribution in [2.45, 2.75) is 45.7 Å². The number of nitro groups is 1. The second kappa shape index (κ2) is 5.79. The van der Waals surface area contributed by atoms with E-state index < -0.39 is 0 Å². The number of piperidine rings is 1. The van der Waals surface area contributed by atoms with Gasteiger partial charge in [-0.2, -0.15) is 0 Å². The summed E-state index contributed by atoms with van der Waals surface area (Å²) in [5.74, 6) is 0. The molecule has 20 heavy (non-hydrogen) atoms. The molecule has 1 N–H and O–H groups in total. The predicted octanol–water partition coefficient (Wildman–Crippen LogP) is 3.11. The summed E-state index contributed by atoms with van der Waals surface area (Å²) < 4.78 is 0. The number of hydrogen-bond acceptors (Lipinski definition) is 4. The largest absolute Gasteiger partial charge is 0.382 e. The number of aryl methyl sites for hydroxylation is 2. The first-order chi connectivity index (χ1) is 9.38. The van der Waals surface area contributed by atoms with Gasteiger partial charge in [-0.3, -0.25) is 10.1 Å². The van der Waals surface area contributed by atoms with Gasteiger partial charge in [0.2, 0.25) is 0 Å². The minimum atomic E-state index is -0.308. The number of nitro benzene ring substituents is 1. The van der Waals surface area contributed by atoms with Crippen LogP contribution in [-0.4, -0.2) is 35.5 Å². The van der Waals surface area contributed by atoms with Gasteiger partial charge in [0, 0.05) is 35.9 Å². The number of likely N-dealkylation sites (tertiary alicyclic amines) is 1. The number of anilines is 1. The third-order valence-corrected chi connectivity index (χ3v) is 4.31. The standard InChI is InChI=1S/C15H23N3O2/c1-10-7-11(2)15(18(19)20)9-14(10)16-13-5-6-17(4)12(3)8-13/h7,9,12-13,16H,5-6,8H2,1-4H3. The van der Waals surface area contributed by atoms with E-state index >= 15 is 0 Å². The molecular formula is C15H23N3O2. The van der Waals surface area contributed by atoms with Crippen LogP contribution in [0.4, 0.5) is 11.4 Å². The lowest BCUT2D eigenvalue weighted by molar-refractivity contribution is -0.385. The van der Waals surface area contributed by atoms with Crippen molar-refractivity contribution in [2.24, 2.45) is 0 Å². The summed E-state index contributed by atoms with van der Waals surface area (Å²) in [6.45, 7) is 7.06. The monoisotopic (exact) mass is 277 g/mol. The van der Waals surface area contributed by atoms with Crippen LogP contribution in [0.2, 0.25) is 0 Å². The molecule has 2 atom stereocenters. The number of nitrogens with one attached hydrogen (secondary N) is 1. The van der Waals surface area contributed by atoms with Crippen molar-refractivity contribution in [3.63, 3.8) is 0 Å². The number of benzene rings is 1. The number of hydrogen-bond donors (Lipinski definition) is 1. The van der Waals surface area contributed by atoms with Gasteiger partial charge in [-0.25, -0.2) is 0 Å². The molecule has 1 saturated heterocycles. The molecule has 1 aromatic carbocycles. The molecule has 5 heteroatoms. The molecule has 0 amide bonds. The van der Waals surface area contributed by atoms with Crippen LogP contribution in [0.5, 0.6) is 0 Å². The van der Waals surface area contributed by atoms with Crippen molar-refractivity contribution in [1.82, 2.24) is 4.90 Å². The van der Waals surface area contributed by atoms with Gasteiger partial charge >= 0.3 is 0 Å². The zero-order chi connectivity index (χ0) is 14.9. The second-order valence-electron chi connectivity index (χ2n) is 5.91. The zero-order valence-corrected chi connectivity index (χ0v) is 12.6. The lowest BCUT2D eigenvalue weighted by atomic mass is 9.98. The Bertz CT molecular complexity index is 516. The maximum atomic E-state index is 11.0. The second-order valence-corrected chi connectivity index (χ2v) is 5.91. The van der Waals surface area contributed by atoms with Gasteiger partial charge in [0.15, 0.2) is 0 Å². The van der Waals surface area contributed by atoms with Gasteiger partial charge in [0.05, 0.1) is 4.92 Å². The smallest absolute Gasteiger partial charge is 0.274 e. The van der Waals surface area contributed by atoms with Crippen molar-refractivity contribution < 1.29 is 4.92 Å². The number of rotatable bonds is 3. The van der Waals surface area contributed by atoms with Gasteiger partial charge in [0.1, 0.15) is 0 Å². The average molecular weight is 277 g/mol. The van der Waals surface area contributed by atoms with E-state index in [-0.39, 0.29) is 10.6 Å². The van der Waals surface area contributed by atoms with Crippen molar-refractivity contribution in [1.29, 1.82) is 0 Å². The Labute approximate surface area is 120 Å². The predicted molar refractivity (Wildman–Crippen MR) is 81.3 cm³/mol. The third kappa shape index (κ3) is 3.10. The maximum absolute atomic E-state index is 11.0. The van der Waals surface area contributed by atoms with E-state index in [1.54, 1.807) is 13.0 Å². The minimum absolute atomic E-state index is 0.194. The summed E-state index contributed by atoms with van der Waals surface area (Å²) in [6.07, 6.45) is 2.14. The summed E-state index contributed by atoms with van der Waals surface area (Å²) in [5, 5.41) is 14.5. The van der Waals surface area contributed by atoms with Crippen LogP contribution >= 0.6 is 0 Å². The van der Waals surface area contributed by atoms with Gasteiger partial charge in [-0.15, -0.1) is 0 Å². The lowest BCUT2D eigenvalue weighted by Gasteiger charge is -2.36. The molecule has 1 aliphatic rings. The molecule has 2 unspecified atom stereocenters. The Morgan fingerprint density at radius 1 is 1.35 bits per heavy atom. The fourth-order valence-electron chi connectivity index (χ4n) is 2.83. The first kappa shape index (κ1) is 14.8. The Morgan fingerprint density at radius 2 is 2.05 bits per heavy atom. The van der Waals surface area contributed by atoms with E-state index in [0.29, 0.717) is 12.1 Å². The zero-order valence-electron chi connectivity index (χ0n) is 12.6. The van der Waals surface area contributed by atoms with Crippen LogP contribution in [-0.2, 0) is 0 Å². The highest BCUT2D eigenvalue weighted by molar-refractivity contribution is 5.60. The maximum Gasteiger partial charge on any atom is 0.274 e. The first-order valence-corrected chi connectivity index (χ1v) is 7.11. The fourth-order valence-corrected chi connectivity index (χ4v) is 2.83. The lowest BCUT2D eigenvalue weighted by Crippen LogP contribution is -2.42. The van der Waals surface area contributed by atoms with E-state index in [2.05, 4.69) is 24.2 Å². The highest BCUT2D eigenvalue weighted by Gasteiger charge is 2.23. The van der Waals surface area contributed by atoms with Gasteiger partial charge in [-0.1, -0.05) is 0 Å². The Morgan fingerprint density at radius 3 is 2.65 bits per heavy atom. The molecule has 0 bridgehead atoms. The van der Waals surface area contributed by atoms with E-state index in [1.807, 2.05) is 13.0 Å².